The molecule has 0 saturated carbocycles. The molecule has 2 bridgehead atoms. The molecule has 4 amide bonds. The Hall–Kier alpha value is -2.81. The number of likely N-dealkylation sites (tertiary alicyclic amines) is 1. The molecule has 0 radical (unpaired) electrons. The van der Waals surface area contributed by atoms with Crippen LogP contribution >= 0.6 is 0 Å². The van der Waals surface area contributed by atoms with Crippen LogP contribution in [0.25, 0.3) is 0 Å². The summed E-state index contributed by atoms with van der Waals surface area (Å²) in [5, 5.41) is 4.60. The fourth-order valence-electron chi connectivity index (χ4n) is 4.82. The predicted molar refractivity (Wildman–Crippen MR) is 126 cm³/mol. The molecule has 2 atom stereocenters. The molecule has 34 heavy (non-hydrogen) atoms. The summed E-state index contributed by atoms with van der Waals surface area (Å²) in [5.74, 6) is -0.116. The minimum absolute atomic E-state index is 0.0117. The Labute approximate surface area is 201 Å². The lowest BCUT2D eigenvalue weighted by atomic mass is 10.0. The largest absolute Gasteiger partial charge is 0.444 e. The fourth-order valence-corrected chi connectivity index (χ4v) is 4.82. The van der Waals surface area contributed by atoms with Gasteiger partial charge in [-0.15, -0.1) is 0 Å². The third-order valence-electron chi connectivity index (χ3n) is 6.63. The molecule has 1 unspecified atom stereocenters. The Balaban J connectivity index is 1.30. The van der Waals surface area contributed by atoms with Crippen molar-refractivity contribution in [3.63, 3.8) is 0 Å². The van der Waals surface area contributed by atoms with E-state index in [2.05, 4.69) is 5.32 Å². The number of fused-ring (bicyclic) bond motifs is 4. The summed E-state index contributed by atoms with van der Waals surface area (Å²) >= 11 is 0. The molecule has 1 N–H and O–H groups in total. The molecular weight excluding hydrogens is 436 g/mol. The van der Waals surface area contributed by atoms with Gasteiger partial charge in [0.25, 0.3) is 0 Å². The number of nitrogens with one attached hydrogen (secondary N) is 1. The maximum absolute atomic E-state index is 13.2. The Morgan fingerprint density at radius 1 is 1.00 bits per heavy atom. The number of rotatable bonds is 5. The number of hydroxylamine groups is 2. The molecule has 0 aliphatic carbocycles. The molecule has 9 nitrogen and oxygen atoms in total. The van der Waals surface area contributed by atoms with Crippen LogP contribution in [0.4, 0.5) is 9.59 Å². The maximum Gasteiger partial charge on any atom is 0.410 e. The predicted octanol–water partition coefficient (Wildman–Crippen LogP) is 3.29. The summed E-state index contributed by atoms with van der Waals surface area (Å²) in [6, 6.07) is 9.00. The zero-order valence-electron chi connectivity index (χ0n) is 20.4. The first kappa shape index (κ1) is 24.3. The molecule has 186 valence electrons. The van der Waals surface area contributed by atoms with Gasteiger partial charge in [-0.05, 0) is 58.4 Å². The summed E-state index contributed by atoms with van der Waals surface area (Å²) < 4.78 is 5.44. The van der Waals surface area contributed by atoms with Gasteiger partial charge in [-0.1, -0.05) is 30.3 Å². The Bertz CT molecular complexity index is 879. The summed E-state index contributed by atoms with van der Waals surface area (Å²) in [4.78, 5) is 47.9. The molecule has 4 fully saturated rings. The van der Waals surface area contributed by atoms with E-state index in [4.69, 9.17) is 9.57 Å². The average Bonchev–Trinajstić information content (AvgIpc) is 3.09. The number of benzene rings is 1. The normalized spacial score (nSPS) is 23.6. The van der Waals surface area contributed by atoms with Gasteiger partial charge in [-0.2, -0.15) is 5.06 Å². The molecule has 4 aliphatic rings. The lowest BCUT2D eigenvalue weighted by Crippen LogP contribution is -2.58. The molecule has 1 aromatic carbocycles. The van der Waals surface area contributed by atoms with Crippen molar-refractivity contribution in [2.24, 2.45) is 0 Å². The average molecular weight is 473 g/mol. The number of amides is 4. The van der Waals surface area contributed by atoms with Crippen molar-refractivity contribution in [2.45, 2.75) is 83.2 Å². The van der Waals surface area contributed by atoms with E-state index in [9.17, 15) is 14.4 Å². The molecule has 9 heteroatoms. The number of carbonyl (C=O) groups excluding carboxylic acids is 3. The number of carbonyl (C=O) groups is 3. The maximum atomic E-state index is 13.2. The van der Waals surface area contributed by atoms with Crippen molar-refractivity contribution in [1.82, 2.24) is 20.2 Å². The van der Waals surface area contributed by atoms with E-state index in [1.807, 2.05) is 51.1 Å². The second-order valence-corrected chi connectivity index (χ2v) is 10.3. The standard InChI is InChI=1S/C25H36N4O5/c1-25(2,3)34-24(32)27-14-11-19(12-15-27)26-22(30)21-10-9-20-13-16-28(21)23(31)29(20)33-17-18-7-5-4-6-8-18/h4-8,19-21H,9-17H2,1-3H3,(H,26,30)/t20-,21?/m1/s1. The molecule has 4 saturated heterocycles. The van der Waals surface area contributed by atoms with Gasteiger partial charge in [-0.3, -0.25) is 9.63 Å². The quantitative estimate of drug-likeness (QED) is 0.710. The number of urea groups is 1. The molecule has 4 aliphatic heterocycles. The van der Waals surface area contributed by atoms with Crippen molar-refractivity contribution in [3.05, 3.63) is 35.9 Å². The first-order valence-corrected chi connectivity index (χ1v) is 12.3. The van der Waals surface area contributed by atoms with Gasteiger partial charge < -0.3 is 19.9 Å². The van der Waals surface area contributed by atoms with Gasteiger partial charge in [0.05, 0.1) is 6.04 Å². The zero-order chi connectivity index (χ0) is 24.3. The molecule has 0 aromatic heterocycles. The van der Waals surface area contributed by atoms with Crippen LogP contribution in [-0.2, 0) is 21.0 Å². The number of nitrogens with zero attached hydrogens (tertiary/aromatic N) is 3. The topological polar surface area (TPSA) is 91.4 Å². The lowest BCUT2D eigenvalue weighted by molar-refractivity contribution is -0.171. The number of hydrogen-bond donors (Lipinski definition) is 1. The minimum atomic E-state index is -0.527. The smallest absolute Gasteiger partial charge is 0.410 e. The SMILES string of the molecule is CC(C)(C)OC(=O)N1CCC(NC(=O)C2CC[C@@H]3CCN2C(=O)N3OCc2ccccc2)CC1. The van der Waals surface area contributed by atoms with Crippen LogP contribution in [0.15, 0.2) is 30.3 Å². The van der Waals surface area contributed by atoms with Crippen LogP contribution in [-0.4, -0.2) is 76.3 Å². The number of hydrogen-bond acceptors (Lipinski definition) is 5. The van der Waals surface area contributed by atoms with E-state index in [0.717, 1.165) is 18.4 Å². The van der Waals surface area contributed by atoms with Crippen molar-refractivity contribution in [2.75, 3.05) is 19.6 Å². The highest BCUT2D eigenvalue weighted by Crippen LogP contribution is 2.30. The molecule has 1 aromatic rings. The highest BCUT2D eigenvalue weighted by molar-refractivity contribution is 5.88. The minimum Gasteiger partial charge on any atom is -0.444 e. The van der Waals surface area contributed by atoms with Crippen LogP contribution in [0.3, 0.4) is 0 Å². The van der Waals surface area contributed by atoms with E-state index < -0.39 is 11.6 Å². The van der Waals surface area contributed by atoms with Gasteiger partial charge in [0.1, 0.15) is 18.2 Å². The Kier molecular flexibility index (Phi) is 7.30. The van der Waals surface area contributed by atoms with E-state index in [-0.39, 0.29) is 30.1 Å². The monoisotopic (exact) mass is 472 g/mol. The molecule has 0 spiro atoms. The highest BCUT2D eigenvalue weighted by Gasteiger charge is 2.44. The van der Waals surface area contributed by atoms with Crippen LogP contribution in [0.1, 0.15) is 58.4 Å². The van der Waals surface area contributed by atoms with Crippen molar-refractivity contribution < 1.29 is 24.0 Å². The van der Waals surface area contributed by atoms with Crippen LogP contribution in [0, 0.1) is 0 Å². The summed E-state index contributed by atoms with van der Waals surface area (Å²) in [7, 11) is 0. The summed E-state index contributed by atoms with van der Waals surface area (Å²) in [6.07, 6.45) is 3.15. The van der Waals surface area contributed by atoms with Crippen LogP contribution in [0.2, 0.25) is 0 Å². The molecule has 4 heterocycles. The number of ether oxygens (including phenoxy) is 1. The third-order valence-corrected chi connectivity index (χ3v) is 6.63. The van der Waals surface area contributed by atoms with E-state index in [0.29, 0.717) is 45.5 Å². The van der Waals surface area contributed by atoms with Crippen LogP contribution < -0.4 is 5.32 Å². The second-order valence-electron chi connectivity index (χ2n) is 10.3. The third kappa shape index (κ3) is 5.81. The number of piperidine rings is 1. The Morgan fingerprint density at radius 2 is 1.71 bits per heavy atom. The van der Waals surface area contributed by atoms with Gasteiger partial charge in [0.2, 0.25) is 5.91 Å². The van der Waals surface area contributed by atoms with Crippen molar-refractivity contribution in [3.8, 4) is 0 Å². The zero-order valence-corrected chi connectivity index (χ0v) is 20.4. The van der Waals surface area contributed by atoms with Gasteiger partial charge >= 0.3 is 12.1 Å². The van der Waals surface area contributed by atoms with Crippen molar-refractivity contribution in [1.29, 1.82) is 0 Å². The van der Waals surface area contributed by atoms with Gasteiger partial charge in [0, 0.05) is 25.7 Å². The van der Waals surface area contributed by atoms with E-state index >= 15 is 0 Å². The van der Waals surface area contributed by atoms with Crippen molar-refractivity contribution >= 4 is 18.0 Å². The Morgan fingerprint density at radius 3 is 2.38 bits per heavy atom. The molecular formula is C25H36N4O5. The molecule has 5 rings (SSSR count). The first-order valence-electron chi connectivity index (χ1n) is 12.3. The van der Waals surface area contributed by atoms with Crippen LogP contribution in [0.5, 0.6) is 0 Å². The van der Waals surface area contributed by atoms with E-state index in [1.165, 1.54) is 5.06 Å². The lowest BCUT2D eigenvalue weighted by Gasteiger charge is -2.39. The summed E-state index contributed by atoms with van der Waals surface area (Å²) in [6.45, 7) is 7.51. The fraction of sp³-hybridized carbons (Fsp3) is 0.640. The highest BCUT2D eigenvalue weighted by atomic mass is 16.7. The second kappa shape index (κ2) is 10.2. The van der Waals surface area contributed by atoms with Gasteiger partial charge in [-0.25, -0.2) is 9.59 Å². The van der Waals surface area contributed by atoms with Gasteiger partial charge in [0.15, 0.2) is 0 Å². The first-order chi connectivity index (χ1) is 16.2. The summed E-state index contributed by atoms with van der Waals surface area (Å²) in [5.41, 5.74) is 0.470. The van der Waals surface area contributed by atoms with E-state index in [1.54, 1.807) is 9.80 Å².